The minimum Gasteiger partial charge on any atom is -0.490 e. The van der Waals surface area contributed by atoms with Gasteiger partial charge in [-0.3, -0.25) is 4.99 Å². The minimum absolute atomic E-state index is 0.438. The Labute approximate surface area is 171 Å². The number of nitrogens with zero attached hydrogens (tertiary/aromatic N) is 2. The third kappa shape index (κ3) is 5.38. The van der Waals surface area contributed by atoms with Crippen LogP contribution >= 0.6 is 0 Å². The summed E-state index contributed by atoms with van der Waals surface area (Å²) in [5.74, 6) is 0.165. The van der Waals surface area contributed by atoms with E-state index >= 15 is 0 Å². The molecule has 0 spiro atoms. The molecule has 1 heterocycles. The molecule has 6 heteroatoms. The molecule has 3 rings (SSSR count). The molecule has 0 atom stereocenters. The summed E-state index contributed by atoms with van der Waals surface area (Å²) >= 11 is 0. The number of rotatable bonds is 8. The largest absolute Gasteiger partial charge is 0.490 e. The highest BCUT2D eigenvalue weighted by molar-refractivity contribution is 5.81. The van der Waals surface area contributed by atoms with Crippen molar-refractivity contribution in [3.8, 4) is 11.5 Å². The second-order valence-electron chi connectivity index (χ2n) is 7.35. The predicted molar refractivity (Wildman–Crippen MR) is 115 cm³/mol. The van der Waals surface area contributed by atoms with Gasteiger partial charge >= 0.3 is 5.97 Å². The van der Waals surface area contributed by atoms with Crippen molar-refractivity contribution in [1.82, 2.24) is 0 Å². The van der Waals surface area contributed by atoms with Crippen LogP contribution in [0.25, 0.3) is 5.57 Å². The number of benzene rings is 2. The Morgan fingerprint density at radius 2 is 1.79 bits per heavy atom. The van der Waals surface area contributed by atoms with E-state index < -0.39 is 11.6 Å². The van der Waals surface area contributed by atoms with Gasteiger partial charge in [0.25, 0.3) is 0 Å². The lowest BCUT2D eigenvalue weighted by atomic mass is 10.1. The molecular formula is C23H26N2O4. The maximum Gasteiger partial charge on any atom is 0.347 e. The molecule has 6 nitrogen and oxygen atoms in total. The summed E-state index contributed by atoms with van der Waals surface area (Å²) in [6.07, 6.45) is 3.91. The standard InChI is InChI=1S/C23H26N2O4/c1-17(18-4-6-19(7-5-18)25-14-13-24-16-25)12-15-28-20-8-10-21(11-9-20)29-23(2,3)22(26)27/h4-12,16H,13-15H2,1-3H3,(H,26,27)/b17-12+. The SMILES string of the molecule is C/C(=C\COc1ccc(OC(C)(C)C(=O)O)cc1)c1ccc(N2C=NCC2)cc1. The van der Waals surface area contributed by atoms with Gasteiger partial charge in [0.05, 0.1) is 12.9 Å². The number of carbonyl (C=O) groups is 1. The van der Waals surface area contributed by atoms with E-state index in [1.807, 2.05) is 12.4 Å². The molecule has 2 aromatic rings. The average molecular weight is 394 g/mol. The first kappa shape index (κ1) is 20.5. The zero-order chi connectivity index (χ0) is 20.9. The zero-order valence-electron chi connectivity index (χ0n) is 17.0. The first-order chi connectivity index (χ1) is 13.8. The third-order valence-corrected chi connectivity index (χ3v) is 4.70. The van der Waals surface area contributed by atoms with E-state index in [9.17, 15) is 4.79 Å². The summed E-state index contributed by atoms with van der Waals surface area (Å²) in [5, 5.41) is 9.13. The van der Waals surface area contributed by atoms with Gasteiger partial charge in [-0.15, -0.1) is 0 Å². The molecule has 0 radical (unpaired) electrons. The van der Waals surface area contributed by atoms with Gasteiger partial charge < -0.3 is 19.5 Å². The van der Waals surface area contributed by atoms with E-state index in [2.05, 4.69) is 41.1 Å². The molecule has 0 aliphatic carbocycles. The number of hydrogen-bond donors (Lipinski definition) is 1. The van der Waals surface area contributed by atoms with Crippen LogP contribution in [-0.2, 0) is 4.79 Å². The highest BCUT2D eigenvalue weighted by atomic mass is 16.5. The Balaban J connectivity index is 1.53. The quantitative estimate of drug-likeness (QED) is 0.724. The van der Waals surface area contributed by atoms with E-state index in [0.29, 0.717) is 18.1 Å². The van der Waals surface area contributed by atoms with Crippen molar-refractivity contribution in [3.63, 3.8) is 0 Å². The van der Waals surface area contributed by atoms with Crippen LogP contribution in [0.1, 0.15) is 26.3 Å². The number of hydrogen-bond acceptors (Lipinski definition) is 5. The number of carboxylic acid groups (broad SMARTS) is 1. The number of aliphatic imine (C=N–C) groups is 1. The Bertz CT molecular complexity index is 899. The first-order valence-corrected chi connectivity index (χ1v) is 9.54. The smallest absolute Gasteiger partial charge is 0.347 e. The Hall–Kier alpha value is -3.28. The lowest BCUT2D eigenvalue weighted by Crippen LogP contribution is -2.37. The van der Waals surface area contributed by atoms with Crippen LogP contribution in [0, 0.1) is 0 Å². The van der Waals surface area contributed by atoms with Crippen LogP contribution in [0.2, 0.25) is 0 Å². The second-order valence-corrected chi connectivity index (χ2v) is 7.35. The average Bonchev–Trinajstić information content (AvgIpc) is 3.24. The molecule has 0 fully saturated rings. The molecule has 2 aromatic carbocycles. The van der Waals surface area contributed by atoms with Crippen molar-refractivity contribution >= 4 is 23.6 Å². The molecular weight excluding hydrogens is 368 g/mol. The van der Waals surface area contributed by atoms with E-state index in [1.165, 1.54) is 13.8 Å². The fraction of sp³-hybridized carbons (Fsp3) is 0.304. The van der Waals surface area contributed by atoms with E-state index in [1.54, 1.807) is 24.3 Å². The molecule has 1 N–H and O–H groups in total. The van der Waals surface area contributed by atoms with Crippen LogP contribution in [0.15, 0.2) is 59.6 Å². The molecule has 1 aliphatic rings. The van der Waals surface area contributed by atoms with Crippen molar-refractivity contribution in [2.24, 2.45) is 4.99 Å². The number of aliphatic carboxylic acids is 1. The Kier molecular flexibility index (Phi) is 6.22. The van der Waals surface area contributed by atoms with E-state index in [-0.39, 0.29) is 0 Å². The molecule has 0 aromatic heterocycles. The van der Waals surface area contributed by atoms with E-state index in [4.69, 9.17) is 14.6 Å². The van der Waals surface area contributed by atoms with Gasteiger partial charge in [0, 0.05) is 12.2 Å². The van der Waals surface area contributed by atoms with Crippen molar-refractivity contribution in [1.29, 1.82) is 0 Å². The van der Waals surface area contributed by atoms with Crippen molar-refractivity contribution < 1.29 is 19.4 Å². The predicted octanol–water partition coefficient (Wildman–Crippen LogP) is 4.26. The summed E-state index contributed by atoms with van der Waals surface area (Å²) in [5.41, 5.74) is 2.15. The highest BCUT2D eigenvalue weighted by Crippen LogP contribution is 2.23. The van der Waals surface area contributed by atoms with Crippen molar-refractivity contribution in [3.05, 3.63) is 60.2 Å². The Morgan fingerprint density at radius 3 is 2.38 bits per heavy atom. The topological polar surface area (TPSA) is 71.4 Å². The lowest BCUT2D eigenvalue weighted by Gasteiger charge is -2.21. The van der Waals surface area contributed by atoms with Gasteiger partial charge in [-0.25, -0.2) is 4.79 Å². The number of ether oxygens (including phenoxy) is 2. The van der Waals surface area contributed by atoms with Gasteiger partial charge in [-0.2, -0.15) is 0 Å². The maximum absolute atomic E-state index is 11.1. The monoisotopic (exact) mass is 394 g/mol. The third-order valence-electron chi connectivity index (χ3n) is 4.70. The highest BCUT2D eigenvalue weighted by Gasteiger charge is 2.29. The fourth-order valence-electron chi connectivity index (χ4n) is 2.81. The summed E-state index contributed by atoms with van der Waals surface area (Å²) < 4.78 is 11.2. The van der Waals surface area contributed by atoms with Gasteiger partial charge in [-0.05, 0) is 74.4 Å². The molecule has 29 heavy (non-hydrogen) atoms. The lowest BCUT2D eigenvalue weighted by molar-refractivity contribution is -0.152. The normalized spacial score (nSPS) is 14.2. The van der Waals surface area contributed by atoms with E-state index in [0.717, 1.165) is 29.9 Å². The zero-order valence-corrected chi connectivity index (χ0v) is 17.0. The summed E-state index contributed by atoms with van der Waals surface area (Å²) in [6.45, 7) is 7.30. The molecule has 0 unspecified atom stereocenters. The van der Waals surface area contributed by atoms with Crippen LogP contribution in [0.4, 0.5) is 5.69 Å². The van der Waals surface area contributed by atoms with Crippen molar-refractivity contribution in [2.75, 3.05) is 24.6 Å². The van der Waals surface area contributed by atoms with Crippen LogP contribution in [0.3, 0.4) is 0 Å². The minimum atomic E-state index is -1.28. The maximum atomic E-state index is 11.1. The molecule has 0 bridgehead atoms. The van der Waals surface area contributed by atoms with Crippen LogP contribution < -0.4 is 14.4 Å². The molecule has 0 amide bonds. The van der Waals surface area contributed by atoms with Gasteiger partial charge in [-0.1, -0.05) is 12.1 Å². The van der Waals surface area contributed by atoms with Crippen LogP contribution in [0.5, 0.6) is 11.5 Å². The number of carboxylic acids is 1. The van der Waals surface area contributed by atoms with Gasteiger partial charge in [0.2, 0.25) is 0 Å². The van der Waals surface area contributed by atoms with Gasteiger partial charge in [0.15, 0.2) is 5.60 Å². The summed E-state index contributed by atoms with van der Waals surface area (Å²) in [6, 6.07) is 15.3. The molecule has 0 saturated carbocycles. The number of allylic oxidation sites excluding steroid dienone is 1. The summed E-state index contributed by atoms with van der Waals surface area (Å²) in [4.78, 5) is 17.5. The van der Waals surface area contributed by atoms with Crippen molar-refractivity contribution in [2.45, 2.75) is 26.4 Å². The second kappa shape index (κ2) is 8.82. The molecule has 1 aliphatic heterocycles. The van der Waals surface area contributed by atoms with Crippen LogP contribution in [-0.4, -0.2) is 42.7 Å². The van der Waals surface area contributed by atoms with Gasteiger partial charge in [0.1, 0.15) is 18.1 Å². The Morgan fingerprint density at radius 1 is 1.14 bits per heavy atom. The molecule has 152 valence electrons. The molecule has 0 saturated heterocycles. The fourth-order valence-corrected chi connectivity index (χ4v) is 2.81. The number of anilines is 1. The first-order valence-electron chi connectivity index (χ1n) is 9.54. The summed E-state index contributed by atoms with van der Waals surface area (Å²) in [7, 11) is 0.